The molecule has 3 aromatic rings. The largest absolute Gasteiger partial charge is 0.488 e. The molecule has 1 aliphatic rings. The van der Waals surface area contributed by atoms with Crippen LogP contribution in [0.3, 0.4) is 0 Å². The normalized spacial score (nSPS) is 15.7. The lowest BCUT2D eigenvalue weighted by Gasteiger charge is -2.10. The molecule has 34 heavy (non-hydrogen) atoms. The number of likely N-dealkylation sites (N-methyl/N-ethyl adjacent to an activating group) is 1. The molecule has 3 aromatic carbocycles. The van der Waals surface area contributed by atoms with Crippen LogP contribution in [0, 0.1) is 6.92 Å². The van der Waals surface area contributed by atoms with Crippen molar-refractivity contribution in [1.82, 2.24) is 4.90 Å². The first kappa shape index (κ1) is 23.3. The van der Waals surface area contributed by atoms with E-state index in [1.165, 1.54) is 29.3 Å². The molecule has 0 unspecified atom stereocenters. The maximum Gasteiger partial charge on any atom is 0.337 e. The van der Waals surface area contributed by atoms with E-state index in [0.717, 1.165) is 11.1 Å². The first-order valence-corrected chi connectivity index (χ1v) is 11.5. The van der Waals surface area contributed by atoms with Crippen molar-refractivity contribution in [3.8, 4) is 5.75 Å². The molecule has 0 radical (unpaired) electrons. The van der Waals surface area contributed by atoms with Crippen molar-refractivity contribution >= 4 is 40.6 Å². The standard InChI is InChI=1S/C27H24N2O4S/c1-18-8-10-19(11-9-18)17-33-23-7-5-4-6-21(23)16-24-25(30)29(2)27(34-24)28-22-14-12-20(13-15-22)26(31)32-3/h4-16H,17H2,1-3H3/b24-16-,28-27?. The highest BCUT2D eigenvalue weighted by atomic mass is 32.2. The number of thioether (sulfide) groups is 1. The van der Waals surface area contributed by atoms with E-state index in [4.69, 9.17) is 9.47 Å². The lowest BCUT2D eigenvalue weighted by Crippen LogP contribution is -2.23. The van der Waals surface area contributed by atoms with Crippen LogP contribution in [0.25, 0.3) is 6.08 Å². The average Bonchev–Trinajstić information content (AvgIpc) is 3.12. The highest BCUT2D eigenvalue weighted by molar-refractivity contribution is 8.18. The molecule has 4 rings (SSSR count). The molecule has 1 saturated heterocycles. The number of hydrogen-bond donors (Lipinski definition) is 0. The van der Waals surface area contributed by atoms with Gasteiger partial charge in [-0.3, -0.25) is 9.69 Å². The van der Waals surface area contributed by atoms with Crippen molar-refractivity contribution in [3.63, 3.8) is 0 Å². The Kier molecular flexibility index (Phi) is 7.13. The van der Waals surface area contributed by atoms with Gasteiger partial charge in [-0.25, -0.2) is 9.79 Å². The molecule has 0 N–H and O–H groups in total. The zero-order valence-corrected chi connectivity index (χ0v) is 20.0. The molecule has 0 bridgehead atoms. The predicted octanol–water partition coefficient (Wildman–Crippen LogP) is 5.59. The number of para-hydroxylation sites is 1. The Bertz CT molecular complexity index is 1260. The van der Waals surface area contributed by atoms with Gasteiger partial charge in [0.25, 0.3) is 5.91 Å². The van der Waals surface area contributed by atoms with Crippen LogP contribution < -0.4 is 4.74 Å². The first-order chi connectivity index (χ1) is 16.4. The lowest BCUT2D eigenvalue weighted by atomic mass is 10.1. The molecule has 0 spiro atoms. The number of aliphatic imine (C=N–C) groups is 1. The van der Waals surface area contributed by atoms with Gasteiger partial charge in [-0.2, -0.15) is 0 Å². The van der Waals surface area contributed by atoms with E-state index in [9.17, 15) is 9.59 Å². The van der Waals surface area contributed by atoms with Crippen molar-refractivity contribution in [3.05, 3.63) is 100.0 Å². The van der Waals surface area contributed by atoms with Gasteiger partial charge in [0.15, 0.2) is 5.17 Å². The molecular formula is C27H24N2O4S. The van der Waals surface area contributed by atoms with Crippen molar-refractivity contribution in [2.75, 3.05) is 14.2 Å². The van der Waals surface area contributed by atoms with Crippen molar-refractivity contribution in [1.29, 1.82) is 0 Å². The van der Waals surface area contributed by atoms with Crippen LogP contribution in [0.2, 0.25) is 0 Å². The van der Waals surface area contributed by atoms with E-state index in [2.05, 4.69) is 17.1 Å². The number of hydrogen-bond acceptors (Lipinski definition) is 6. The van der Waals surface area contributed by atoms with Crippen LogP contribution >= 0.6 is 11.8 Å². The van der Waals surface area contributed by atoms with Crippen LogP contribution in [0.4, 0.5) is 5.69 Å². The number of amidine groups is 1. The number of benzene rings is 3. The number of esters is 1. The van der Waals surface area contributed by atoms with Crippen LogP contribution in [0.5, 0.6) is 5.75 Å². The number of aryl methyl sites for hydroxylation is 1. The van der Waals surface area contributed by atoms with Crippen LogP contribution in [0.1, 0.15) is 27.0 Å². The maximum absolute atomic E-state index is 12.9. The molecule has 7 heteroatoms. The third kappa shape index (κ3) is 5.38. The fourth-order valence-corrected chi connectivity index (χ4v) is 4.25. The highest BCUT2D eigenvalue weighted by Crippen LogP contribution is 2.35. The van der Waals surface area contributed by atoms with Crippen LogP contribution in [0.15, 0.2) is 82.7 Å². The number of ether oxygens (including phenoxy) is 2. The quantitative estimate of drug-likeness (QED) is 0.345. The van der Waals surface area contributed by atoms with E-state index in [1.807, 2.05) is 49.4 Å². The Hall–Kier alpha value is -3.84. The first-order valence-electron chi connectivity index (χ1n) is 10.7. The number of carbonyl (C=O) groups excluding carboxylic acids is 2. The van der Waals surface area contributed by atoms with Gasteiger partial charge in [0, 0.05) is 12.6 Å². The summed E-state index contributed by atoms with van der Waals surface area (Å²) < 4.78 is 10.8. The third-order valence-electron chi connectivity index (χ3n) is 5.24. The molecule has 1 aliphatic heterocycles. The fourth-order valence-electron chi connectivity index (χ4n) is 3.27. The number of methoxy groups -OCH3 is 1. The van der Waals surface area contributed by atoms with Crippen LogP contribution in [-0.2, 0) is 16.1 Å². The Morgan fingerprint density at radius 2 is 1.74 bits per heavy atom. The SMILES string of the molecule is COC(=O)c1ccc(N=C2S/C(=C\c3ccccc3OCc3ccc(C)cc3)C(=O)N2C)cc1. The predicted molar refractivity (Wildman–Crippen MR) is 135 cm³/mol. The van der Waals surface area contributed by atoms with Gasteiger partial charge in [-0.1, -0.05) is 48.0 Å². The molecule has 6 nitrogen and oxygen atoms in total. The molecule has 1 heterocycles. The van der Waals surface area contributed by atoms with Crippen molar-refractivity contribution < 1.29 is 19.1 Å². The summed E-state index contributed by atoms with van der Waals surface area (Å²) in [6.07, 6.45) is 1.83. The molecular weight excluding hydrogens is 448 g/mol. The number of amides is 1. The second kappa shape index (κ2) is 10.4. The second-order valence-corrected chi connectivity index (χ2v) is 8.73. The third-order valence-corrected chi connectivity index (χ3v) is 6.30. The summed E-state index contributed by atoms with van der Waals surface area (Å²) >= 11 is 1.30. The highest BCUT2D eigenvalue weighted by Gasteiger charge is 2.30. The number of rotatable bonds is 6. The fraction of sp³-hybridized carbons (Fsp3) is 0.148. The Morgan fingerprint density at radius 1 is 1.03 bits per heavy atom. The topological polar surface area (TPSA) is 68.2 Å². The molecule has 0 aliphatic carbocycles. The van der Waals surface area contributed by atoms with Crippen molar-refractivity contribution in [2.24, 2.45) is 4.99 Å². The van der Waals surface area contributed by atoms with Gasteiger partial charge < -0.3 is 9.47 Å². The molecule has 0 aromatic heterocycles. The summed E-state index contributed by atoms with van der Waals surface area (Å²) in [5.41, 5.74) is 4.18. The van der Waals surface area contributed by atoms with Crippen LogP contribution in [-0.4, -0.2) is 36.1 Å². The molecule has 172 valence electrons. The van der Waals surface area contributed by atoms with E-state index >= 15 is 0 Å². The molecule has 0 atom stereocenters. The number of carbonyl (C=O) groups is 2. The average molecular weight is 473 g/mol. The molecule has 1 fully saturated rings. The lowest BCUT2D eigenvalue weighted by molar-refractivity contribution is -0.121. The summed E-state index contributed by atoms with van der Waals surface area (Å²) in [6, 6.07) is 22.6. The summed E-state index contributed by atoms with van der Waals surface area (Å²) in [6.45, 7) is 2.49. The Morgan fingerprint density at radius 3 is 2.44 bits per heavy atom. The monoisotopic (exact) mass is 472 g/mol. The Labute approximate surface area is 202 Å². The zero-order valence-electron chi connectivity index (χ0n) is 19.1. The molecule has 0 saturated carbocycles. The molecule has 1 amide bonds. The maximum atomic E-state index is 12.9. The van der Waals surface area contributed by atoms with Crippen molar-refractivity contribution in [2.45, 2.75) is 13.5 Å². The smallest absolute Gasteiger partial charge is 0.337 e. The minimum absolute atomic E-state index is 0.136. The summed E-state index contributed by atoms with van der Waals surface area (Å²) in [5.74, 6) is 0.161. The minimum atomic E-state index is -0.407. The minimum Gasteiger partial charge on any atom is -0.488 e. The van der Waals surface area contributed by atoms with Gasteiger partial charge >= 0.3 is 5.97 Å². The Balaban J connectivity index is 1.52. The zero-order chi connectivity index (χ0) is 24.1. The van der Waals surface area contributed by atoms with E-state index in [0.29, 0.717) is 33.7 Å². The number of nitrogens with zero attached hydrogens (tertiary/aromatic N) is 2. The summed E-state index contributed by atoms with van der Waals surface area (Å²) in [4.78, 5) is 31.1. The van der Waals surface area contributed by atoms with Gasteiger partial charge in [0.2, 0.25) is 0 Å². The van der Waals surface area contributed by atoms with E-state index < -0.39 is 5.97 Å². The van der Waals surface area contributed by atoms with E-state index in [-0.39, 0.29) is 5.91 Å². The van der Waals surface area contributed by atoms with E-state index in [1.54, 1.807) is 31.3 Å². The summed E-state index contributed by atoms with van der Waals surface area (Å²) in [7, 11) is 3.03. The van der Waals surface area contributed by atoms with Gasteiger partial charge in [-0.15, -0.1) is 0 Å². The van der Waals surface area contributed by atoms with Gasteiger partial charge in [-0.05, 0) is 60.7 Å². The summed E-state index contributed by atoms with van der Waals surface area (Å²) in [5, 5.41) is 0.556. The van der Waals surface area contributed by atoms with Gasteiger partial charge in [0.05, 0.1) is 23.3 Å². The van der Waals surface area contributed by atoms with Gasteiger partial charge in [0.1, 0.15) is 12.4 Å². The second-order valence-electron chi connectivity index (χ2n) is 7.72.